The minimum Gasteiger partial charge on any atom is -0.478 e. The highest BCUT2D eigenvalue weighted by atomic mass is 16.4. The third-order valence-corrected chi connectivity index (χ3v) is 3.77. The lowest BCUT2D eigenvalue weighted by molar-refractivity contribution is 0.0696. The first-order chi connectivity index (χ1) is 11.0. The molecule has 0 aliphatic carbocycles. The Morgan fingerprint density at radius 2 is 1.87 bits per heavy atom. The average Bonchev–Trinajstić information content (AvgIpc) is 2.89. The highest BCUT2D eigenvalue weighted by molar-refractivity contribution is 5.88. The lowest BCUT2D eigenvalue weighted by atomic mass is 10.0. The van der Waals surface area contributed by atoms with Crippen LogP contribution in [0.4, 0.5) is 0 Å². The summed E-state index contributed by atoms with van der Waals surface area (Å²) in [5, 5.41) is 21.6. The zero-order chi connectivity index (χ0) is 16.6. The van der Waals surface area contributed by atoms with Crippen LogP contribution in [0.15, 0.2) is 36.5 Å². The quantitative estimate of drug-likeness (QED) is 0.804. The highest BCUT2D eigenvalue weighted by Gasteiger charge is 2.15. The van der Waals surface area contributed by atoms with Gasteiger partial charge >= 0.3 is 5.97 Å². The Hall–Kier alpha value is -3.02. The van der Waals surface area contributed by atoms with Crippen LogP contribution < -0.4 is 0 Å². The lowest BCUT2D eigenvalue weighted by Gasteiger charge is -2.07. The Morgan fingerprint density at radius 1 is 1.09 bits per heavy atom. The van der Waals surface area contributed by atoms with Crippen LogP contribution in [0.2, 0.25) is 0 Å². The first-order valence-electron chi connectivity index (χ1n) is 7.17. The fourth-order valence-corrected chi connectivity index (χ4v) is 2.53. The van der Waals surface area contributed by atoms with E-state index >= 15 is 0 Å². The fraction of sp³-hybridized carbons (Fsp3) is 0.176. The summed E-state index contributed by atoms with van der Waals surface area (Å²) in [6.07, 6.45) is 1.32. The first kappa shape index (κ1) is 14.9. The largest absolute Gasteiger partial charge is 0.478 e. The number of carboxylic acid groups (broad SMARTS) is 1. The number of carboxylic acids is 1. The lowest BCUT2D eigenvalue weighted by Crippen LogP contribution is -2.05. The number of nitrogens with zero attached hydrogens (tertiary/aromatic N) is 4. The van der Waals surface area contributed by atoms with Gasteiger partial charge < -0.3 is 5.11 Å². The summed E-state index contributed by atoms with van der Waals surface area (Å²) in [6.45, 7) is 5.77. The van der Waals surface area contributed by atoms with Crippen molar-refractivity contribution >= 4 is 5.97 Å². The van der Waals surface area contributed by atoms with Crippen molar-refractivity contribution < 1.29 is 9.90 Å². The van der Waals surface area contributed by atoms with Crippen LogP contribution in [-0.4, -0.2) is 31.1 Å². The number of aromatic nitrogens is 4. The van der Waals surface area contributed by atoms with Gasteiger partial charge in [0.1, 0.15) is 5.56 Å². The topological polar surface area (TPSA) is 80.9 Å². The van der Waals surface area contributed by atoms with E-state index in [0.717, 1.165) is 16.8 Å². The molecule has 0 saturated carbocycles. The van der Waals surface area contributed by atoms with E-state index in [2.05, 4.69) is 21.4 Å². The smallest absolute Gasteiger partial charge is 0.339 e. The zero-order valence-corrected chi connectivity index (χ0v) is 13.1. The molecule has 3 aromatic rings. The van der Waals surface area contributed by atoms with E-state index < -0.39 is 5.97 Å². The number of carbonyl (C=O) groups is 1. The predicted molar refractivity (Wildman–Crippen MR) is 85.8 cm³/mol. The van der Waals surface area contributed by atoms with Crippen LogP contribution in [0.1, 0.15) is 27.2 Å². The van der Waals surface area contributed by atoms with Crippen LogP contribution in [0, 0.1) is 20.8 Å². The molecule has 0 aliphatic rings. The van der Waals surface area contributed by atoms with E-state index in [9.17, 15) is 4.79 Å². The molecule has 0 spiro atoms. The van der Waals surface area contributed by atoms with Gasteiger partial charge in [-0.3, -0.25) is 0 Å². The van der Waals surface area contributed by atoms with Crippen molar-refractivity contribution in [3.8, 4) is 17.1 Å². The van der Waals surface area contributed by atoms with E-state index in [0.29, 0.717) is 11.5 Å². The van der Waals surface area contributed by atoms with Gasteiger partial charge in [-0.1, -0.05) is 23.8 Å². The van der Waals surface area contributed by atoms with Crippen LogP contribution in [0.25, 0.3) is 17.1 Å². The summed E-state index contributed by atoms with van der Waals surface area (Å²) in [7, 11) is 0. The highest BCUT2D eigenvalue weighted by Crippen LogP contribution is 2.22. The molecule has 0 atom stereocenters. The minimum absolute atomic E-state index is 0.158. The van der Waals surface area contributed by atoms with Crippen molar-refractivity contribution in [1.29, 1.82) is 0 Å². The molecule has 0 fully saturated rings. The van der Waals surface area contributed by atoms with Crippen molar-refractivity contribution in [3.05, 3.63) is 58.9 Å². The Labute approximate surface area is 133 Å². The van der Waals surface area contributed by atoms with Gasteiger partial charge in [0.2, 0.25) is 0 Å². The molecule has 0 aliphatic heterocycles. The third-order valence-electron chi connectivity index (χ3n) is 3.77. The maximum Gasteiger partial charge on any atom is 0.339 e. The zero-order valence-electron chi connectivity index (χ0n) is 13.1. The van der Waals surface area contributed by atoms with Gasteiger partial charge in [0.05, 0.1) is 17.6 Å². The Kier molecular flexibility index (Phi) is 3.65. The number of hydrogen-bond acceptors (Lipinski definition) is 4. The molecule has 0 radical (unpaired) electrons. The second-order valence-corrected chi connectivity index (χ2v) is 5.46. The van der Waals surface area contributed by atoms with Crippen molar-refractivity contribution in [1.82, 2.24) is 20.0 Å². The summed E-state index contributed by atoms with van der Waals surface area (Å²) in [6, 6.07) is 9.81. The van der Waals surface area contributed by atoms with E-state index in [1.54, 1.807) is 13.0 Å². The number of aromatic carboxylic acids is 1. The summed E-state index contributed by atoms with van der Waals surface area (Å²) in [5.41, 5.74) is 4.81. The van der Waals surface area contributed by atoms with Crippen molar-refractivity contribution in [3.63, 3.8) is 0 Å². The number of aryl methyl sites for hydroxylation is 2. The normalized spacial score (nSPS) is 10.7. The summed E-state index contributed by atoms with van der Waals surface area (Å²) in [4.78, 5) is 11.1. The van der Waals surface area contributed by atoms with Gasteiger partial charge in [0.15, 0.2) is 5.82 Å². The third kappa shape index (κ3) is 2.70. The molecule has 0 bridgehead atoms. The number of hydrogen-bond donors (Lipinski definition) is 1. The first-order valence-corrected chi connectivity index (χ1v) is 7.17. The minimum atomic E-state index is -1.01. The number of rotatable bonds is 3. The van der Waals surface area contributed by atoms with E-state index in [-0.39, 0.29) is 5.56 Å². The summed E-state index contributed by atoms with van der Waals surface area (Å²) in [5.74, 6) is -0.517. The maximum atomic E-state index is 11.1. The van der Waals surface area contributed by atoms with Gasteiger partial charge in [-0.2, -0.15) is 5.10 Å². The molecule has 2 aromatic heterocycles. The van der Waals surface area contributed by atoms with Crippen molar-refractivity contribution in [2.24, 2.45) is 0 Å². The molecule has 6 nitrogen and oxygen atoms in total. The predicted octanol–water partition coefficient (Wildman–Crippen LogP) is 2.95. The van der Waals surface area contributed by atoms with Gasteiger partial charge in [0.25, 0.3) is 0 Å². The average molecular weight is 308 g/mol. The Bertz CT molecular complexity index is 882. The standard InChI is InChI=1S/C17H16N4O2/c1-10-4-5-13(11(2)8-10)15-6-7-16(20-19-15)21-12(3)14(9-18-21)17(22)23/h4-9H,1-3H3,(H,22,23). The van der Waals surface area contributed by atoms with E-state index in [4.69, 9.17) is 5.11 Å². The van der Waals surface area contributed by atoms with Crippen LogP contribution in [0.3, 0.4) is 0 Å². The monoisotopic (exact) mass is 308 g/mol. The second kappa shape index (κ2) is 5.64. The van der Waals surface area contributed by atoms with Crippen LogP contribution >= 0.6 is 0 Å². The molecule has 1 aromatic carbocycles. The molecule has 3 rings (SSSR count). The van der Waals surface area contributed by atoms with Crippen molar-refractivity contribution in [2.75, 3.05) is 0 Å². The molecule has 1 N–H and O–H groups in total. The number of benzene rings is 1. The Morgan fingerprint density at radius 3 is 2.43 bits per heavy atom. The second-order valence-electron chi connectivity index (χ2n) is 5.46. The molecular formula is C17H16N4O2. The summed E-state index contributed by atoms with van der Waals surface area (Å²) >= 11 is 0. The van der Waals surface area contributed by atoms with Gasteiger partial charge in [-0.05, 0) is 38.5 Å². The van der Waals surface area contributed by atoms with Gasteiger partial charge in [0, 0.05) is 5.56 Å². The SMILES string of the molecule is Cc1ccc(-c2ccc(-n3ncc(C(=O)O)c3C)nn2)c(C)c1. The molecule has 23 heavy (non-hydrogen) atoms. The van der Waals surface area contributed by atoms with Gasteiger partial charge in [-0.15, -0.1) is 10.2 Å². The van der Waals surface area contributed by atoms with Crippen LogP contribution in [-0.2, 0) is 0 Å². The molecule has 0 unspecified atom stereocenters. The fourth-order valence-electron chi connectivity index (χ4n) is 2.53. The van der Waals surface area contributed by atoms with Crippen LogP contribution in [0.5, 0.6) is 0 Å². The Balaban J connectivity index is 1.98. The summed E-state index contributed by atoms with van der Waals surface area (Å²) < 4.78 is 1.47. The molecular weight excluding hydrogens is 292 g/mol. The molecule has 2 heterocycles. The van der Waals surface area contributed by atoms with Gasteiger partial charge in [-0.25, -0.2) is 9.48 Å². The molecule has 0 saturated heterocycles. The molecule has 6 heteroatoms. The van der Waals surface area contributed by atoms with Crippen molar-refractivity contribution in [2.45, 2.75) is 20.8 Å². The molecule has 116 valence electrons. The molecule has 0 amide bonds. The maximum absolute atomic E-state index is 11.1. The van der Waals surface area contributed by atoms with E-state index in [1.165, 1.54) is 16.4 Å². The van der Waals surface area contributed by atoms with E-state index in [1.807, 2.05) is 32.0 Å².